The van der Waals surface area contributed by atoms with Crippen LogP contribution in [0.4, 0.5) is 0 Å². The van der Waals surface area contributed by atoms with Crippen molar-refractivity contribution in [3.63, 3.8) is 0 Å². The van der Waals surface area contributed by atoms with E-state index in [1.54, 1.807) is 6.92 Å². The van der Waals surface area contributed by atoms with Crippen LogP contribution in [0.15, 0.2) is 12.1 Å². The first-order chi connectivity index (χ1) is 6.97. The fraction of sp³-hybridized carbons (Fsp3) is 0.417. The summed E-state index contributed by atoms with van der Waals surface area (Å²) in [6.07, 6.45) is 2.05. The highest BCUT2D eigenvalue weighted by atomic mass is 127. The number of carbonyl (C=O) groups excluding carboxylic acids is 1. The zero-order valence-electron chi connectivity index (χ0n) is 8.73. The Bertz CT molecular complexity index is 410. The molecule has 0 atom stereocenters. The van der Waals surface area contributed by atoms with E-state index in [9.17, 15) is 4.79 Å². The average molecular weight is 426 g/mol. The number of carbonyl (C=O) groups is 1. The highest BCUT2D eigenvalue weighted by Crippen LogP contribution is 2.49. The van der Waals surface area contributed by atoms with Crippen LogP contribution in [-0.2, 0) is 10.2 Å². The number of benzene rings is 1. The van der Waals surface area contributed by atoms with E-state index in [0.717, 1.165) is 12.8 Å². The molecule has 1 aliphatic rings. The number of rotatable bonds is 2. The summed E-state index contributed by atoms with van der Waals surface area (Å²) < 4.78 is 2.53. The minimum absolute atomic E-state index is 0.131. The van der Waals surface area contributed by atoms with Crippen molar-refractivity contribution in [2.45, 2.75) is 32.1 Å². The highest BCUT2D eigenvalue weighted by Gasteiger charge is 2.48. The molecule has 0 aromatic heterocycles. The van der Waals surface area contributed by atoms with Crippen LogP contribution in [0.25, 0.3) is 0 Å². The van der Waals surface area contributed by atoms with E-state index < -0.39 is 0 Å². The Balaban J connectivity index is 2.51. The van der Waals surface area contributed by atoms with E-state index in [2.05, 4.69) is 64.2 Å². The van der Waals surface area contributed by atoms with E-state index in [0.29, 0.717) is 5.78 Å². The molecule has 1 nitrogen and oxygen atoms in total. The first-order valence-electron chi connectivity index (χ1n) is 4.94. The van der Waals surface area contributed by atoms with Crippen molar-refractivity contribution in [2.75, 3.05) is 0 Å². The smallest absolute Gasteiger partial charge is 0.140 e. The fourth-order valence-corrected chi connectivity index (χ4v) is 3.66. The first kappa shape index (κ1) is 11.8. The molecule has 0 amide bonds. The molecule has 80 valence electrons. The standard InChI is InChI=1S/C12H12I2O/c1-7-10(13)5-9(6-11(7)14)12(3-4-12)8(2)15/h5-6H,3-4H2,1-2H3. The van der Waals surface area contributed by atoms with E-state index in [-0.39, 0.29) is 5.41 Å². The van der Waals surface area contributed by atoms with Gasteiger partial charge in [-0.2, -0.15) is 0 Å². The summed E-state index contributed by atoms with van der Waals surface area (Å²) in [7, 11) is 0. The van der Waals surface area contributed by atoms with Crippen LogP contribution in [0.1, 0.15) is 30.9 Å². The second-order valence-electron chi connectivity index (χ2n) is 4.20. The summed E-state index contributed by atoms with van der Waals surface area (Å²) in [5.74, 6) is 0.318. The van der Waals surface area contributed by atoms with Crippen LogP contribution < -0.4 is 0 Å². The fourth-order valence-electron chi connectivity index (χ4n) is 1.89. The van der Waals surface area contributed by atoms with Gasteiger partial charge in [-0.25, -0.2) is 0 Å². The maximum atomic E-state index is 11.6. The second-order valence-corrected chi connectivity index (χ2v) is 6.53. The number of ketones is 1. The van der Waals surface area contributed by atoms with Gasteiger partial charge in [0.15, 0.2) is 0 Å². The summed E-state index contributed by atoms with van der Waals surface area (Å²) in [6, 6.07) is 4.35. The molecule has 0 unspecified atom stereocenters. The summed E-state index contributed by atoms with van der Waals surface area (Å²) in [5, 5.41) is 0. The van der Waals surface area contributed by atoms with Crippen molar-refractivity contribution in [1.29, 1.82) is 0 Å². The number of hydrogen-bond acceptors (Lipinski definition) is 1. The molecule has 0 bridgehead atoms. The molecule has 0 radical (unpaired) electrons. The normalized spacial score (nSPS) is 17.6. The van der Waals surface area contributed by atoms with Gasteiger partial charge < -0.3 is 0 Å². The molecule has 1 aromatic carbocycles. The maximum absolute atomic E-state index is 11.6. The lowest BCUT2D eigenvalue weighted by molar-refractivity contribution is -0.119. The third-order valence-corrected chi connectivity index (χ3v) is 5.50. The van der Waals surface area contributed by atoms with E-state index in [1.807, 2.05) is 0 Å². The summed E-state index contributed by atoms with van der Waals surface area (Å²) in [6.45, 7) is 3.84. The highest BCUT2D eigenvalue weighted by molar-refractivity contribution is 14.1. The van der Waals surface area contributed by atoms with Gasteiger partial charge in [-0.05, 0) is 95.1 Å². The lowest BCUT2D eigenvalue weighted by Crippen LogP contribution is -2.17. The van der Waals surface area contributed by atoms with E-state index in [4.69, 9.17) is 0 Å². The molecule has 3 heteroatoms. The van der Waals surface area contributed by atoms with Crippen molar-refractivity contribution in [3.05, 3.63) is 30.4 Å². The van der Waals surface area contributed by atoms with Gasteiger partial charge in [0.1, 0.15) is 5.78 Å². The Kier molecular flexibility index (Phi) is 3.14. The summed E-state index contributed by atoms with van der Waals surface area (Å²) in [4.78, 5) is 11.6. The van der Waals surface area contributed by atoms with Crippen LogP contribution >= 0.6 is 45.2 Å². The molecule has 0 heterocycles. The van der Waals surface area contributed by atoms with Gasteiger partial charge in [0.05, 0.1) is 5.41 Å². The van der Waals surface area contributed by atoms with Gasteiger partial charge in [-0.3, -0.25) is 4.79 Å². The number of Topliss-reactive ketones (excluding diaryl/α,β-unsaturated/α-hetero) is 1. The molecule has 1 aliphatic carbocycles. The molecule has 1 saturated carbocycles. The molecular formula is C12H12I2O. The van der Waals surface area contributed by atoms with Gasteiger partial charge in [-0.1, -0.05) is 0 Å². The molecule has 0 spiro atoms. The van der Waals surface area contributed by atoms with Crippen LogP contribution in [0.5, 0.6) is 0 Å². The van der Waals surface area contributed by atoms with Gasteiger partial charge in [0.2, 0.25) is 0 Å². The van der Waals surface area contributed by atoms with Gasteiger partial charge in [0, 0.05) is 7.14 Å². The minimum atomic E-state index is -0.131. The van der Waals surface area contributed by atoms with Crippen molar-refractivity contribution in [1.82, 2.24) is 0 Å². The molecule has 0 saturated heterocycles. The monoisotopic (exact) mass is 426 g/mol. The zero-order chi connectivity index (χ0) is 11.2. The van der Waals surface area contributed by atoms with Crippen molar-refractivity contribution in [3.8, 4) is 0 Å². The second kappa shape index (κ2) is 3.98. The van der Waals surface area contributed by atoms with E-state index >= 15 is 0 Å². The van der Waals surface area contributed by atoms with Crippen molar-refractivity contribution in [2.24, 2.45) is 0 Å². The predicted molar refractivity (Wildman–Crippen MR) is 78.2 cm³/mol. The Hall–Kier alpha value is 0.350. The lowest BCUT2D eigenvalue weighted by Gasteiger charge is -2.14. The largest absolute Gasteiger partial charge is 0.299 e. The van der Waals surface area contributed by atoms with Crippen molar-refractivity contribution >= 4 is 51.0 Å². The third kappa shape index (κ3) is 1.97. The van der Waals surface area contributed by atoms with Crippen LogP contribution in [0, 0.1) is 14.1 Å². The number of hydrogen-bond donors (Lipinski definition) is 0. The molecule has 0 aliphatic heterocycles. The average Bonchev–Trinajstić information content (AvgIpc) is 2.93. The molecule has 15 heavy (non-hydrogen) atoms. The van der Waals surface area contributed by atoms with E-state index in [1.165, 1.54) is 18.3 Å². The topological polar surface area (TPSA) is 17.1 Å². The zero-order valence-corrected chi connectivity index (χ0v) is 13.0. The van der Waals surface area contributed by atoms with Crippen LogP contribution in [0.3, 0.4) is 0 Å². The molecule has 0 N–H and O–H groups in total. The molecule has 2 rings (SSSR count). The third-order valence-electron chi connectivity index (χ3n) is 3.26. The van der Waals surface area contributed by atoms with Gasteiger partial charge in [-0.15, -0.1) is 0 Å². The predicted octanol–water partition coefficient (Wildman–Crippen LogP) is 3.82. The molecular weight excluding hydrogens is 414 g/mol. The first-order valence-corrected chi connectivity index (χ1v) is 7.10. The van der Waals surface area contributed by atoms with Crippen molar-refractivity contribution < 1.29 is 4.79 Å². The van der Waals surface area contributed by atoms with Crippen LogP contribution in [0.2, 0.25) is 0 Å². The molecule has 1 fully saturated rings. The quantitative estimate of drug-likeness (QED) is 0.658. The number of halogens is 2. The van der Waals surface area contributed by atoms with Gasteiger partial charge in [0.25, 0.3) is 0 Å². The Morgan fingerprint density at radius 1 is 1.27 bits per heavy atom. The molecule has 1 aromatic rings. The van der Waals surface area contributed by atoms with Crippen LogP contribution in [-0.4, -0.2) is 5.78 Å². The summed E-state index contributed by atoms with van der Waals surface area (Å²) in [5.41, 5.74) is 2.40. The minimum Gasteiger partial charge on any atom is -0.299 e. The summed E-state index contributed by atoms with van der Waals surface area (Å²) >= 11 is 4.70. The van der Waals surface area contributed by atoms with Gasteiger partial charge >= 0.3 is 0 Å². The Labute approximate surface area is 117 Å². The Morgan fingerprint density at radius 2 is 1.73 bits per heavy atom. The lowest BCUT2D eigenvalue weighted by atomic mass is 9.92. The SMILES string of the molecule is CC(=O)C1(c2cc(I)c(C)c(I)c2)CC1. The maximum Gasteiger partial charge on any atom is 0.140 e. The Morgan fingerprint density at radius 3 is 2.07 bits per heavy atom.